The van der Waals surface area contributed by atoms with Crippen LogP contribution in [0.4, 0.5) is 5.69 Å². The predicted octanol–water partition coefficient (Wildman–Crippen LogP) is 3.07. The predicted molar refractivity (Wildman–Crippen MR) is 96.3 cm³/mol. The monoisotopic (exact) mass is 341 g/mol. The van der Waals surface area contributed by atoms with Crippen LogP contribution in [0.5, 0.6) is 11.5 Å². The third kappa shape index (κ3) is 4.12. The van der Waals surface area contributed by atoms with Gasteiger partial charge in [-0.2, -0.15) is 0 Å². The van der Waals surface area contributed by atoms with Gasteiger partial charge in [0.1, 0.15) is 6.61 Å². The Balaban J connectivity index is 1.72. The number of anilines is 1. The molecule has 0 saturated carbocycles. The molecule has 1 amide bonds. The molecule has 0 fully saturated rings. The molecular weight excluding hydrogens is 318 g/mol. The lowest BCUT2D eigenvalue weighted by atomic mass is 9.90. The molecule has 5 heteroatoms. The highest BCUT2D eigenvalue weighted by atomic mass is 16.5. The Labute approximate surface area is 147 Å². The van der Waals surface area contributed by atoms with Gasteiger partial charge >= 0.3 is 0 Å². The van der Waals surface area contributed by atoms with Crippen molar-refractivity contribution in [2.75, 3.05) is 32.8 Å². The molecule has 25 heavy (non-hydrogen) atoms. The van der Waals surface area contributed by atoms with Crippen LogP contribution in [0, 0.1) is 5.92 Å². The molecule has 0 spiro atoms. The molecule has 3 rings (SSSR count). The lowest BCUT2D eigenvalue weighted by Crippen LogP contribution is -2.24. The molecule has 1 aliphatic heterocycles. The lowest BCUT2D eigenvalue weighted by Gasteiger charge is -2.27. The van der Waals surface area contributed by atoms with E-state index >= 15 is 0 Å². The minimum absolute atomic E-state index is 0.0496. The zero-order valence-corrected chi connectivity index (χ0v) is 14.6. The first-order valence-electron chi connectivity index (χ1n) is 8.36. The summed E-state index contributed by atoms with van der Waals surface area (Å²) in [6.07, 6.45) is 1.76. The Morgan fingerprint density at radius 3 is 2.84 bits per heavy atom. The molecule has 0 bridgehead atoms. The van der Waals surface area contributed by atoms with Crippen molar-refractivity contribution in [3.05, 3.63) is 53.6 Å². The normalized spacial score (nSPS) is 15.8. The summed E-state index contributed by atoms with van der Waals surface area (Å²) in [6, 6.07) is 13.9. The summed E-state index contributed by atoms with van der Waals surface area (Å²) >= 11 is 0. The van der Waals surface area contributed by atoms with Crippen molar-refractivity contribution in [2.45, 2.75) is 12.8 Å². The molecule has 1 heterocycles. The van der Waals surface area contributed by atoms with Gasteiger partial charge in [0.2, 0.25) is 5.91 Å². The fourth-order valence-corrected chi connectivity index (χ4v) is 3.20. The summed E-state index contributed by atoms with van der Waals surface area (Å²) in [5, 5.41) is 2.91. The number of methoxy groups -OCH3 is 2. The van der Waals surface area contributed by atoms with Gasteiger partial charge in [0.25, 0.3) is 0 Å². The Kier molecular flexibility index (Phi) is 5.56. The van der Waals surface area contributed by atoms with Crippen molar-refractivity contribution in [2.24, 2.45) is 5.92 Å². The Morgan fingerprint density at radius 1 is 1.20 bits per heavy atom. The van der Waals surface area contributed by atoms with Crippen molar-refractivity contribution in [1.82, 2.24) is 0 Å². The quantitative estimate of drug-likeness (QED) is 0.877. The van der Waals surface area contributed by atoms with E-state index in [-0.39, 0.29) is 12.5 Å². The smallest absolute Gasteiger partial charge is 0.250 e. The highest BCUT2D eigenvalue weighted by molar-refractivity contribution is 5.92. The van der Waals surface area contributed by atoms with Crippen LogP contribution in [0.1, 0.15) is 11.1 Å². The summed E-state index contributed by atoms with van der Waals surface area (Å²) in [6.45, 7) is 0.682. The van der Waals surface area contributed by atoms with Crippen LogP contribution in [0.25, 0.3) is 0 Å². The highest BCUT2D eigenvalue weighted by Gasteiger charge is 2.23. The minimum atomic E-state index is -0.148. The highest BCUT2D eigenvalue weighted by Crippen LogP contribution is 2.37. The van der Waals surface area contributed by atoms with Gasteiger partial charge in [0.15, 0.2) is 11.5 Å². The van der Waals surface area contributed by atoms with E-state index < -0.39 is 0 Å². The van der Waals surface area contributed by atoms with Gasteiger partial charge in [-0.1, -0.05) is 30.3 Å². The van der Waals surface area contributed by atoms with E-state index in [0.29, 0.717) is 12.5 Å². The number of ether oxygens (including phenoxy) is 3. The number of para-hydroxylation sites is 2. The average molecular weight is 341 g/mol. The van der Waals surface area contributed by atoms with Crippen molar-refractivity contribution in [3.63, 3.8) is 0 Å². The molecule has 132 valence electrons. The lowest BCUT2D eigenvalue weighted by molar-refractivity contribution is -0.119. The van der Waals surface area contributed by atoms with Gasteiger partial charge in [-0.25, -0.2) is 0 Å². The van der Waals surface area contributed by atoms with Crippen molar-refractivity contribution < 1.29 is 19.0 Å². The molecule has 2 aromatic rings. The number of carbonyl (C=O) groups excluding carboxylic acids is 1. The summed E-state index contributed by atoms with van der Waals surface area (Å²) in [7, 11) is 3.17. The fraction of sp³-hybridized carbons (Fsp3) is 0.350. The number of fused-ring (bicyclic) bond motifs is 1. The van der Waals surface area contributed by atoms with E-state index in [0.717, 1.165) is 41.2 Å². The van der Waals surface area contributed by atoms with E-state index in [4.69, 9.17) is 14.2 Å². The zero-order chi connectivity index (χ0) is 17.6. The van der Waals surface area contributed by atoms with Crippen molar-refractivity contribution in [1.29, 1.82) is 0 Å². The maximum atomic E-state index is 11.8. The second-order valence-electron chi connectivity index (χ2n) is 6.17. The van der Waals surface area contributed by atoms with Gasteiger partial charge in [-0.05, 0) is 36.1 Å². The summed E-state index contributed by atoms with van der Waals surface area (Å²) in [4.78, 5) is 11.8. The largest absolute Gasteiger partial charge is 0.493 e. The van der Waals surface area contributed by atoms with E-state index in [1.807, 2.05) is 36.4 Å². The molecule has 2 aromatic carbocycles. The summed E-state index contributed by atoms with van der Waals surface area (Å²) in [5.74, 6) is 1.83. The van der Waals surface area contributed by atoms with Crippen LogP contribution < -0.4 is 14.8 Å². The number of carbonyl (C=O) groups is 1. The Bertz CT molecular complexity index is 744. The van der Waals surface area contributed by atoms with E-state index in [9.17, 15) is 4.79 Å². The third-order valence-corrected chi connectivity index (χ3v) is 4.33. The maximum absolute atomic E-state index is 11.8. The maximum Gasteiger partial charge on any atom is 0.250 e. The van der Waals surface area contributed by atoms with Crippen LogP contribution >= 0.6 is 0 Å². The molecule has 1 atom stereocenters. The van der Waals surface area contributed by atoms with Crippen molar-refractivity contribution in [3.8, 4) is 11.5 Å². The van der Waals surface area contributed by atoms with E-state index in [1.165, 1.54) is 7.11 Å². The second kappa shape index (κ2) is 8.03. The van der Waals surface area contributed by atoms with Crippen LogP contribution in [0.15, 0.2) is 42.5 Å². The summed E-state index contributed by atoms with van der Waals surface area (Å²) in [5.41, 5.74) is 3.10. The van der Waals surface area contributed by atoms with Gasteiger partial charge in [0.05, 0.1) is 13.7 Å². The standard InChI is InChI=1S/C20H23NO4/c1-23-13-19(22)21-17-8-4-3-6-15(17)10-14-11-16-7-5-9-18(24-2)20(16)25-12-14/h3-9,14H,10-13H2,1-2H3,(H,21,22)/t14-/m0/s1. The van der Waals surface area contributed by atoms with Gasteiger partial charge in [-0.3, -0.25) is 4.79 Å². The molecule has 1 aliphatic rings. The van der Waals surface area contributed by atoms with Crippen molar-refractivity contribution >= 4 is 11.6 Å². The van der Waals surface area contributed by atoms with Crippen LogP contribution in [0.3, 0.4) is 0 Å². The Hall–Kier alpha value is -2.53. The van der Waals surface area contributed by atoms with Crippen LogP contribution in [-0.2, 0) is 22.4 Å². The van der Waals surface area contributed by atoms with E-state index in [2.05, 4.69) is 11.4 Å². The van der Waals surface area contributed by atoms with Crippen LogP contribution in [0.2, 0.25) is 0 Å². The van der Waals surface area contributed by atoms with Crippen LogP contribution in [-0.4, -0.2) is 33.3 Å². The number of rotatable bonds is 6. The topological polar surface area (TPSA) is 56.8 Å². The first kappa shape index (κ1) is 17.3. The molecular formula is C20H23NO4. The number of amides is 1. The molecule has 0 radical (unpaired) electrons. The number of hydrogen-bond acceptors (Lipinski definition) is 4. The second-order valence-corrected chi connectivity index (χ2v) is 6.17. The SMILES string of the molecule is COCC(=O)Nc1ccccc1C[C@@H]1COc2c(cccc2OC)C1. The third-order valence-electron chi connectivity index (χ3n) is 4.33. The minimum Gasteiger partial charge on any atom is -0.493 e. The summed E-state index contributed by atoms with van der Waals surface area (Å²) < 4.78 is 16.2. The van der Waals surface area contributed by atoms with Gasteiger partial charge in [-0.15, -0.1) is 0 Å². The Morgan fingerprint density at radius 2 is 2.04 bits per heavy atom. The molecule has 0 aromatic heterocycles. The zero-order valence-electron chi connectivity index (χ0n) is 14.6. The van der Waals surface area contributed by atoms with E-state index in [1.54, 1.807) is 7.11 Å². The first-order chi connectivity index (χ1) is 12.2. The van der Waals surface area contributed by atoms with Gasteiger partial charge in [0, 0.05) is 18.7 Å². The number of nitrogens with one attached hydrogen (secondary N) is 1. The number of benzene rings is 2. The molecule has 0 saturated heterocycles. The average Bonchev–Trinajstić information content (AvgIpc) is 2.63. The molecule has 1 N–H and O–H groups in total. The van der Waals surface area contributed by atoms with Gasteiger partial charge < -0.3 is 19.5 Å². The molecule has 0 unspecified atom stereocenters. The first-order valence-corrected chi connectivity index (χ1v) is 8.36. The fourth-order valence-electron chi connectivity index (χ4n) is 3.20. The molecule has 5 nitrogen and oxygen atoms in total. The number of hydrogen-bond donors (Lipinski definition) is 1. The molecule has 0 aliphatic carbocycles.